The van der Waals surface area contributed by atoms with Crippen LogP contribution < -0.4 is 5.32 Å². The van der Waals surface area contributed by atoms with E-state index in [1.807, 2.05) is 58.4 Å². The number of aryl methyl sites for hydroxylation is 1. The molecule has 0 unspecified atom stereocenters. The molecule has 36 heavy (non-hydrogen) atoms. The van der Waals surface area contributed by atoms with E-state index in [9.17, 15) is 9.59 Å². The number of fused-ring (bicyclic) bond motifs is 1. The Morgan fingerprint density at radius 2 is 1.78 bits per heavy atom. The van der Waals surface area contributed by atoms with Gasteiger partial charge in [0.1, 0.15) is 0 Å². The zero-order valence-corrected chi connectivity index (χ0v) is 21.8. The molecule has 6 nitrogen and oxygen atoms in total. The van der Waals surface area contributed by atoms with Crippen molar-refractivity contribution in [2.24, 2.45) is 0 Å². The molecule has 0 radical (unpaired) electrons. The van der Waals surface area contributed by atoms with Gasteiger partial charge in [0.15, 0.2) is 0 Å². The minimum Gasteiger partial charge on any atom is -0.338 e. The van der Waals surface area contributed by atoms with Gasteiger partial charge in [0.05, 0.1) is 12.6 Å². The smallest absolute Gasteiger partial charge is 0.318 e. The number of benzene rings is 2. The lowest BCUT2D eigenvalue weighted by Gasteiger charge is -2.41. The van der Waals surface area contributed by atoms with Crippen molar-refractivity contribution in [3.63, 3.8) is 0 Å². The normalized spacial score (nSPS) is 20.2. The fraction of sp³-hybridized carbons (Fsp3) is 0.379. The first-order valence-electron chi connectivity index (χ1n) is 12.7. The highest BCUT2D eigenvalue weighted by atomic mass is 32.1. The van der Waals surface area contributed by atoms with Crippen LogP contribution in [-0.4, -0.2) is 65.4 Å². The van der Waals surface area contributed by atoms with Crippen LogP contribution in [0.15, 0.2) is 66.0 Å². The molecule has 3 amide bonds. The zero-order valence-electron chi connectivity index (χ0n) is 21.0. The average Bonchev–Trinajstić information content (AvgIpc) is 3.37. The first-order chi connectivity index (χ1) is 17.5. The molecule has 3 aromatic rings. The maximum atomic E-state index is 13.4. The van der Waals surface area contributed by atoms with Gasteiger partial charge in [-0.05, 0) is 48.4 Å². The average molecular weight is 503 g/mol. The third-order valence-corrected chi connectivity index (χ3v) is 8.32. The van der Waals surface area contributed by atoms with Gasteiger partial charge < -0.3 is 15.1 Å². The minimum atomic E-state index is -0.0705. The van der Waals surface area contributed by atoms with E-state index in [1.54, 1.807) is 0 Å². The first-order valence-corrected chi connectivity index (χ1v) is 13.6. The van der Waals surface area contributed by atoms with E-state index in [0.29, 0.717) is 32.7 Å². The summed E-state index contributed by atoms with van der Waals surface area (Å²) in [6.07, 6.45) is 0.981. The van der Waals surface area contributed by atoms with Crippen LogP contribution in [0.25, 0.3) is 0 Å². The molecule has 0 aliphatic carbocycles. The Morgan fingerprint density at radius 3 is 2.53 bits per heavy atom. The summed E-state index contributed by atoms with van der Waals surface area (Å²) in [6.45, 7) is 7.56. The number of hydrogen-bond acceptors (Lipinski definition) is 4. The van der Waals surface area contributed by atoms with Gasteiger partial charge >= 0.3 is 6.03 Å². The fourth-order valence-corrected chi connectivity index (χ4v) is 6.22. The monoisotopic (exact) mass is 502 g/mol. The van der Waals surface area contributed by atoms with E-state index in [0.717, 1.165) is 18.5 Å². The van der Waals surface area contributed by atoms with E-state index in [-0.39, 0.29) is 24.0 Å². The molecule has 2 atom stereocenters. The number of nitrogens with zero attached hydrogens (tertiary/aromatic N) is 3. The molecule has 188 valence electrons. The Morgan fingerprint density at radius 1 is 1.00 bits per heavy atom. The summed E-state index contributed by atoms with van der Waals surface area (Å²) in [5.41, 5.74) is 4.88. The molecular weight excluding hydrogens is 468 g/mol. The number of rotatable bonds is 5. The maximum absolute atomic E-state index is 13.4. The summed E-state index contributed by atoms with van der Waals surface area (Å²) in [5.74, 6) is 0.141. The van der Waals surface area contributed by atoms with Gasteiger partial charge in [0, 0.05) is 43.6 Å². The van der Waals surface area contributed by atoms with Crippen molar-refractivity contribution in [3.05, 3.63) is 93.2 Å². The van der Waals surface area contributed by atoms with Crippen molar-refractivity contribution in [1.82, 2.24) is 20.0 Å². The third kappa shape index (κ3) is 5.32. The van der Waals surface area contributed by atoms with Crippen molar-refractivity contribution >= 4 is 23.3 Å². The predicted octanol–water partition coefficient (Wildman–Crippen LogP) is 4.45. The lowest BCUT2D eigenvalue weighted by Crippen LogP contribution is -2.58. The number of urea groups is 1. The largest absolute Gasteiger partial charge is 0.338 e. The van der Waals surface area contributed by atoms with E-state index < -0.39 is 0 Å². The van der Waals surface area contributed by atoms with Gasteiger partial charge in [-0.2, -0.15) is 0 Å². The summed E-state index contributed by atoms with van der Waals surface area (Å²) >= 11 is 1.82. The second kappa shape index (κ2) is 10.8. The van der Waals surface area contributed by atoms with Crippen LogP contribution in [0.2, 0.25) is 0 Å². The van der Waals surface area contributed by atoms with E-state index >= 15 is 0 Å². The van der Waals surface area contributed by atoms with Gasteiger partial charge in [-0.1, -0.05) is 60.2 Å². The Hall–Kier alpha value is -3.16. The predicted molar refractivity (Wildman–Crippen MR) is 144 cm³/mol. The molecule has 2 aromatic carbocycles. The fourth-order valence-electron chi connectivity index (χ4n) is 5.31. The number of thiophene rings is 1. The molecule has 1 fully saturated rings. The maximum Gasteiger partial charge on any atom is 0.318 e. The lowest BCUT2D eigenvalue weighted by atomic mass is 9.92. The summed E-state index contributed by atoms with van der Waals surface area (Å²) in [7, 11) is 0. The van der Waals surface area contributed by atoms with Crippen LogP contribution in [0, 0.1) is 6.92 Å². The number of nitrogens with one attached hydrogen (secondary N) is 1. The van der Waals surface area contributed by atoms with Gasteiger partial charge in [0.25, 0.3) is 0 Å². The van der Waals surface area contributed by atoms with Crippen LogP contribution in [0.3, 0.4) is 0 Å². The Balaban J connectivity index is 1.21. The zero-order chi connectivity index (χ0) is 25.1. The highest BCUT2D eigenvalue weighted by molar-refractivity contribution is 7.10. The van der Waals surface area contributed by atoms with Crippen molar-refractivity contribution in [2.45, 2.75) is 38.9 Å². The molecule has 3 heterocycles. The van der Waals surface area contributed by atoms with Crippen LogP contribution in [-0.2, 0) is 17.8 Å². The molecule has 0 bridgehead atoms. The molecule has 2 aliphatic rings. The molecule has 1 saturated heterocycles. The van der Waals surface area contributed by atoms with Crippen LogP contribution >= 0.6 is 11.3 Å². The topological polar surface area (TPSA) is 55.9 Å². The number of amides is 3. The summed E-state index contributed by atoms with van der Waals surface area (Å²) in [4.78, 5) is 33.8. The summed E-state index contributed by atoms with van der Waals surface area (Å²) < 4.78 is 0. The number of hydrogen-bond donors (Lipinski definition) is 1. The Labute approximate surface area is 217 Å². The molecule has 5 rings (SSSR count). The Bertz CT molecular complexity index is 1190. The SMILES string of the molecule is Cc1ccc([C@@H]2c3ccsc3CCN2CC(=O)N2CCN(C(=O)NCc3ccccc3)[C@H](C)C2)cc1. The van der Waals surface area contributed by atoms with Gasteiger partial charge in [0.2, 0.25) is 5.91 Å². The molecule has 0 saturated carbocycles. The van der Waals surface area contributed by atoms with E-state index in [2.05, 4.69) is 52.9 Å². The number of carbonyl (C=O) groups excluding carboxylic acids is 2. The molecule has 7 heteroatoms. The van der Waals surface area contributed by atoms with Crippen molar-refractivity contribution in [1.29, 1.82) is 0 Å². The first kappa shape index (κ1) is 24.5. The number of piperazine rings is 1. The van der Waals surface area contributed by atoms with Crippen LogP contribution in [0.1, 0.15) is 40.1 Å². The van der Waals surface area contributed by atoms with E-state index in [4.69, 9.17) is 0 Å². The lowest BCUT2D eigenvalue weighted by molar-refractivity contribution is -0.135. The highest BCUT2D eigenvalue weighted by Gasteiger charge is 2.34. The summed E-state index contributed by atoms with van der Waals surface area (Å²) in [5, 5.41) is 5.19. The van der Waals surface area contributed by atoms with Gasteiger partial charge in [-0.25, -0.2) is 4.79 Å². The van der Waals surface area contributed by atoms with Crippen molar-refractivity contribution < 1.29 is 9.59 Å². The van der Waals surface area contributed by atoms with Gasteiger partial charge in [-0.3, -0.25) is 9.69 Å². The van der Waals surface area contributed by atoms with Crippen LogP contribution in [0.4, 0.5) is 4.79 Å². The van der Waals surface area contributed by atoms with E-state index in [1.165, 1.54) is 21.6 Å². The third-order valence-electron chi connectivity index (χ3n) is 7.32. The van der Waals surface area contributed by atoms with Crippen LogP contribution in [0.5, 0.6) is 0 Å². The summed E-state index contributed by atoms with van der Waals surface area (Å²) in [6, 6.07) is 20.8. The minimum absolute atomic E-state index is 0.0313. The molecule has 1 N–H and O–H groups in total. The Kier molecular flexibility index (Phi) is 7.39. The molecule has 2 aliphatic heterocycles. The second-order valence-corrected chi connectivity index (χ2v) is 10.9. The van der Waals surface area contributed by atoms with Gasteiger partial charge in [-0.15, -0.1) is 11.3 Å². The highest BCUT2D eigenvalue weighted by Crippen LogP contribution is 2.37. The second-order valence-electron chi connectivity index (χ2n) is 9.86. The van der Waals surface area contributed by atoms with Crippen molar-refractivity contribution in [2.75, 3.05) is 32.7 Å². The molecule has 1 aromatic heterocycles. The van der Waals surface area contributed by atoms with Crippen molar-refractivity contribution in [3.8, 4) is 0 Å². The standard InChI is InChI=1S/C29H34N4O2S/c1-21-8-10-24(11-9-21)28-25-13-17-36-26(25)12-14-32(28)20-27(34)31-15-16-33(22(2)19-31)29(35)30-18-23-6-4-3-5-7-23/h3-11,13,17,22,28H,12,14-16,18-20H2,1-2H3,(H,30,35)/t22-,28-/m1/s1. The number of carbonyl (C=O) groups is 2. The molecule has 0 spiro atoms. The quantitative estimate of drug-likeness (QED) is 0.561. The molecular formula is C29H34N4O2S.